The van der Waals surface area contributed by atoms with Crippen LogP contribution in [0.2, 0.25) is 0 Å². The van der Waals surface area contributed by atoms with Crippen molar-refractivity contribution in [1.29, 1.82) is 0 Å². The number of nitrogens with zero attached hydrogens (tertiary/aromatic N) is 1. The molecule has 1 aromatic carbocycles. The molecule has 4 nitrogen and oxygen atoms in total. The van der Waals surface area contributed by atoms with Crippen molar-refractivity contribution in [1.82, 2.24) is 10.6 Å². The fourth-order valence-corrected chi connectivity index (χ4v) is 2.17. The summed E-state index contributed by atoms with van der Waals surface area (Å²) >= 11 is 6.13. The first-order chi connectivity index (χ1) is 8.74. The molecule has 18 heavy (non-hydrogen) atoms. The number of hydrogen-bond acceptors (Lipinski definition) is 4. The van der Waals surface area contributed by atoms with E-state index in [0.29, 0.717) is 35.5 Å². The number of benzene rings is 1. The Kier molecular flexibility index (Phi) is 2.83. The van der Waals surface area contributed by atoms with Gasteiger partial charge in [0.2, 0.25) is 5.90 Å². The van der Waals surface area contributed by atoms with Gasteiger partial charge >= 0.3 is 0 Å². The van der Waals surface area contributed by atoms with E-state index in [-0.39, 0.29) is 5.82 Å². The van der Waals surface area contributed by atoms with Crippen LogP contribution in [-0.4, -0.2) is 19.0 Å². The second-order valence-electron chi connectivity index (χ2n) is 4.00. The van der Waals surface area contributed by atoms with Crippen molar-refractivity contribution in [2.45, 2.75) is 6.17 Å². The second kappa shape index (κ2) is 4.49. The van der Waals surface area contributed by atoms with Gasteiger partial charge in [-0.3, -0.25) is 0 Å². The third-order valence-electron chi connectivity index (χ3n) is 2.75. The highest BCUT2D eigenvalue weighted by atomic mass is 35.5. The second-order valence-corrected chi connectivity index (χ2v) is 4.38. The van der Waals surface area contributed by atoms with E-state index in [1.54, 1.807) is 12.1 Å². The Bertz CT molecular complexity index is 544. The number of aliphatic imine (C=N–C) groups is 1. The number of rotatable bonds is 1. The van der Waals surface area contributed by atoms with Crippen LogP contribution in [0.25, 0.3) is 0 Å². The molecule has 1 saturated heterocycles. The lowest BCUT2D eigenvalue weighted by atomic mass is 10.1. The smallest absolute Gasteiger partial charge is 0.238 e. The van der Waals surface area contributed by atoms with E-state index < -0.39 is 6.17 Å². The minimum absolute atomic E-state index is 0.303. The van der Waals surface area contributed by atoms with Gasteiger partial charge in [-0.1, -0.05) is 23.7 Å². The maximum absolute atomic E-state index is 13.2. The van der Waals surface area contributed by atoms with Crippen molar-refractivity contribution in [2.75, 3.05) is 13.2 Å². The summed E-state index contributed by atoms with van der Waals surface area (Å²) < 4.78 is 18.6. The van der Waals surface area contributed by atoms with Crippen molar-refractivity contribution >= 4 is 17.5 Å². The highest BCUT2D eigenvalue weighted by molar-refractivity contribution is 6.31. The molecule has 0 bridgehead atoms. The Balaban J connectivity index is 1.93. The van der Waals surface area contributed by atoms with Gasteiger partial charge in [-0.2, -0.15) is 0 Å². The molecule has 6 heteroatoms. The Labute approximate surface area is 108 Å². The molecule has 1 aromatic rings. The first-order valence-corrected chi connectivity index (χ1v) is 5.98. The summed E-state index contributed by atoms with van der Waals surface area (Å²) in [5.41, 5.74) is 1.37. The summed E-state index contributed by atoms with van der Waals surface area (Å²) in [5, 5.41) is 6.56. The molecule has 94 valence electrons. The molecule has 3 rings (SSSR count). The fourth-order valence-electron chi connectivity index (χ4n) is 1.92. The van der Waals surface area contributed by atoms with Gasteiger partial charge in [0, 0.05) is 6.54 Å². The van der Waals surface area contributed by atoms with Crippen LogP contribution in [0, 0.1) is 5.82 Å². The summed E-state index contributed by atoms with van der Waals surface area (Å²) in [6, 6.07) is 6.24. The molecule has 2 heterocycles. The van der Waals surface area contributed by atoms with Gasteiger partial charge in [0.15, 0.2) is 0 Å². The van der Waals surface area contributed by atoms with Gasteiger partial charge in [-0.15, -0.1) is 0 Å². The summed E-state index contributed by atoms with van der Waals surface area (Å²) in [7, 11) is 0. The zero-order chi connectivity index (χ0) is 12.5. The molecular formula is C12H11ClFN3O. The Morgan fingerprint density at radius 2 is 2.33 bits per heavy atom. The standard InChI is InChI=1S/C12H11ClFN3O/c13-10-9-12(18-5-4-15-9)17-11(16-10)7-2-1-3-8(14)6-7/h1-3,6,11,15-16H,4-5H2. The number of hydrogen-bond donors (Lipinski definition) is 2. The third kappa shape index (κ3) is 2.01. The normalized spacial score (nSPS) is 22.3. The zero-order valence-electron chi connectivity index (χ0n) is 9.41. The van der Waals surface area contributed by atoms with E-state index in [2.05, 4.69) is 15.6 Å². The van der Waals surface area contributed by atoms with E-state index in [1.807, 2.05) is 0 Å². The highest BCUT2D eigenvalue weighted by Crippen LogP contribution is 2.25. The lowest BCUT2D eigenvalue weighted by molar-refractivity contribution is 0.277. The topological polar surface area (TPSA) is 45.6 Å². The minimum Gasteiger partial charge on any atom is -0.474 e. The molecule has 0 aliphatic carbocycles. The van der Waals surface area contributed by atoms with Gasteiger partial charge in [0.05, 0.1) is 0 Å². The number of nitrogens with one attached hydrogen (secondary N) is 2. The van der Waals surface area contributed by atoms with Crippen molar-refractivity contribution in [2.24, 2.45) is 4.99 Å². The van der Waals surface area contributed by atoms with Crippen LogP contribution < -0.4 is 10.6 Å². The van der Waals surface area contributed by atoms with Crippen molar-refractivity contribution in [3.8, 4) is 0 Å². The quantitative estimate of drug-likeness (QED) is 0.764. The van der Waals surface area contributed by atoms with Crippen molar-refractivity contribution < 1.29 is 9.13 Å². The molecule has 1 unspecified atom stereocenters. The Morgan fingerprint density at radius 3 is 3.17 bits per heavy atom. The van der Waals surface area contributed by atoms with E-state index >= 15 is 0 Å². The summed E-state index contributed by atoms with van der Waals surface area (Å²) in [5.74, 6) is 0.169. The molecule has 0 saturated carbocycles. The van der Waals surface area contributed by atoms with E-state index in [1.165, 1.54) is 12.1 Å². The molecule has 0 spiro atoms. The van der Waals surface area contributed by atoms with Crippen LogP contribution in [0.1, 0.15) is 11.7 Å². The number of halogens is 2. The van der Waals surface area contributed by atoms with Gasteiger partial charge in [-0.05, 0) is 17.7 Å². The molecule has 0 aromatic heterocycles. The molecule has 2 N–H and O–H groups in total. The molecule has 1 atom stereocenters. The molecule has 0 radical (unpaired) electrons. The maximum atomic E-state index is 13.2. The third-order valence-corrected chi connectivity index (χ3v) is 3.05. The average Bonchev–Trinajstić information content (AvgIpc) is 2.39. The van der Waals surface area contributed by atoms with Crippen LogP contribution >= 0.6 is 11.6 Å². The van der Waals surface area contributed by atoms with Gasteiger partial charge < -0.3 is 15.4 Å². The van der Waals surface area contributed by atoms with Crippen LogP contribution in [0.4, 0.5) is 4.39 Å². The van der Waals surface area contributed by atoms with Crippen LogP contribution in [0.3, 0.4) is 0 Å². The number of ether oxygens (including phenoxy) is 1. The SMILES string of the molecule is Fc1cccc(C2N=C3OCCNC3=C(Cl)N2)c1. The van der Waals surface area contributed by atoms with Crippen LogP contribution in [-0.2, 0) is 4.74 Å². The molecule has 2 aliphatic heterocycles. The van der Waals surface area contributed by atoms with E-state index in [0.717, 1.165) is 0 Å². The molecule has 2 aliphatic rings. The largest absolute Gasteiger partial charge is 0.474 e. The van der Waals surface area contributed by atoms with Crippen LogP contribution in [0.15, 0.2) is 40.1 Å². The monoisotopic (exact) mass is 267 g/mol. The van der Waals surface area contributed by atoms with Gasteiger partial charge in [0.1, 0.15) is 29.4 Å². The lowest BCUT2D eigenvalue weighted by Gasteiger charge is -2.28. The predicted octanol–water partition coefficient (Wildman–Crippen LogP) is 1.85. The number of fused-ring (bicyclic) bond motifs is 1. The predicted molar refractivity (Wildman–Crippen MR) is 66.5 cm³/mol. The maximum Gasteiger partial charge on any atom is 0.238 e. The fraction of sp³-hybridized carbons (Fsp3) is 0.250. The van der Waals surface area contributed by atoms with Gasteiger partial charge in [0.25, 0.3) is 0 Å². The Hall–Kier alpha value is -1.75. The van der Waals surface area contributed by atoms with E-state index in [4.69, 9.17) is 16.3 Å². The van der Waals surface area contributed by atoms with E-state index in [9.17, 15) is 4.39 Å². The molecule has 0 amide bonds. The van der Waals surface area contributed by atoms with Crippen LogP contribution in [0.5, 0.6) is 0 Å². The number of morpholine rings is 1. The zero-order valence-corrected chi connectivity index (χ0v) is 10.2. The van der Waals surface area contributed by atoms with Crippen molar-refractivity contribution in [3.63, 3.8) is 0 Å². The highest BCUT2D eigenvalue weighted by Gasteiger charge is 2.26. The molecular weight excluding hydrogens is 257 g/mol. The first kappa shape index (κ1) is 11.3. The Morgan fingerprint density at radius 1 is 1.44 bits per heavy atom. The van der Waals surface area contributed by atoms with Crippen molar-refractivity contribution in [3.05, 3.63) is 46.5 Å². The average molecular weight is 268 g/mol. The van der Waals surface area contributed by atoms with Gasteiger partial charge in [-0.25, -0.2) is 9.38 Å². The summed E-state index contributed by atoms with van der Waals surface area (Å²) in [6.45, 7) is 1.24. The first-order valence-electron chi connectivity index (χ1n) is 5.60. The minimum atomic E-state index is -0.424. The summed E-state index contributed by atoms with van der Waals surface area (Å²) in [6.07, 6.45) is -0.424. The lowest BCUT2D eigenvalue weighted by Crippen LogP contribution is -2.39. The summed E-state index contributed by atoms with van der Waals surface area (Å²) in [4.78, 5) is 4.38. The molecule has 1 fully saturated rings.